The van der Waals surface area contributed by atoms with Crippen molar-refractivity contribution >= 4 is 17.9 Å². The molecular weight excluding hydrogens is 290 g/mol. The van der Waals surface area contributed by atoms with Crippen LogP contribution in [0.15, 0.2) is 0 Å². The molecule has 7 nitrogen and oxygen atoms in total. The summed E-state index contributed by atoms with van der Waals surface area (Å²) >= 11 is 0. The molecule has 1 atom stereocenters. The highest BCUT2D eigenvalue weighted by molar-refractivity contribution is 5.78. The Morgan fingerprint density at radius 1 is 1.18 bits per heavy atom. The largest absolute Gasteiger partial charge is 0.481 e. The topological polar surface area (TPSA) is 116 Å². The molecule has 0 saturated heterocycles. The predicted molar refractivity (Wildman–Crippen MR) is 77.7 cm³/mol. The molecule has 1 aliphatic carbocycles. The van der Waals surface area contributed by atoms with Crippen LogP contribution in [0.4, 0.5) is 0 Å². The lowest BCUT2D eigenvalue weighted by molar-refractivity contribution is -0.170. The summed E-state index contributed by atoms with van der Waals surface area (Å²) in [4.78, 5) is 34.3. The van der Waals surface area contributed by atoms with Gasteiger partial charge in [-0.25, -0.2) is 0 Å². The molecule has 22 heavy (non-hydrogen) atoms. The second kappa shape index (κ2) is 8.73. The first kappa shape index (κ1) is 18.4. The van der Waals surface area contributed by atoms with Crippen LogP contribution in [-0.4, -0.2) is 35.8 Å². The maximum atomic E-state index is 12.0. The number of hydrogen-bond acceptors (Lipinski definition) is 6. The highest BCUT2D eigenvalue weighted by atomic mass is 16.7. The lowest BCUT2D eigenvalue weighted by Crippen LogP contribution is -2.50. The Balaban J connectivity index is 2.57. The first-order valence-electron chi connectivity index (χ1n) is 7.71. The van der Waals surface area contributed by atoms with E-state index in [0.29, 0.717) is 19.3 Å². The minimum Gasteiger partial charge on any atom is -0.481 e. The quantitative estimate of drug-likeness (QED) is 0.516. The van der Waals surface area contributed by atoms with Gasteiger partial charge in [-0.3, -0.25) is 14.4 Å². The van der Waals surface area contributed by atoms with Crippen LogP contribution in [0.5, 0.6) is 0 Å². The number of carboxylic acids is 1. The minimum atomic E-state index is -1.02. The van der Waals surface area contributed by atoms with E-state index in [1.165, 1.54) is 0 Å². The van der Waals surface area contributed by atoms with Gasteiger partial charge in [0, 0.05) is 11.8 Å². The molecule has 1 fully saturated rings. The highest BCUT2D eigenvalue weighted by Gasteiger charge is 2.44. The van der Waals surface area contributed by atoms with E-state index in [-0.39, 0.29) is 12.8 Å². The van der Waals surface area contributed by atoms with Gasteiger partial charge in [-0.1, -0.05) is 26.2 Å². The third-order valence-corrected chi connectivity index (χ3v) is 4.14. The minimum absolute atomic E-state index is 0.154. The van der Waals surface area contributed by atoms with Crippen molar-refractivity contribution in [2.45, 2.75) is 64.3 Å². The van der Waals surface area contributed by atoms with Gasteiger partial charge in [0.25, 0.3) is 0 Å². The Morgan fingerprint density at radius 3 is 2.36 bits per heavy atom. The lowest BCUT2D eigenvalue weighted by atomic mass is 9.67. The van der Waals surface area contributed by atoms with Gasteiger partial charge in [0.05, 0.1) is 6.42 Å². The van der Waals surface area contributed by atoms with E-state index >= 15 is 0 Å². The second-order valence-corrected chi connectivity index (χ2v) is 5.82. The zero-order valence-electron chi connectivity index (χ0n) is 13.0. The first-order valence-corrected chi connectivity index (χ1v) is 7.71. The van der Waals surface area contributed by atoms with E-state index < -0.39 is 36.2 Å². The van der Waals surface area contributed by atoms with Crippen LogP contribution in [0, 0.1) is 5.41 Å². The summed E-state index contributed by atoms with van der Waals surface area (Å²) in [5.74, 6) is -2.13. The average molecular weight is 315 g/mol. The fourth-order valence-electron chi connectivity index (χ4n) is 2.92. The molecule has 7 heteroatoms. The number of nitrogens with two attached hydrogens (primary N) is 1. The van der Waals surface area contributed by atoms with E-state index in [2.05, 4.69) is 0 Å². The number of aliphatic carboxylic acids is 1. The van der Waals surface area contributed by atoms with Crippen LogP contribution in [0.1, 0.15) is 58.3 Å². The van der Waals surface area contributed by atoms with Crippen molar-refractivity contribution in [1.29, 1.82) is 0 Å². The SMILES string of the molecule is CCCC(=O)OCOC(=O)C(N)C1(CC(=O)O)CCCCC1. The summed E-state index contributed by atoms with van der Waals surface area (Å²) < 4.78 is 9.63. The molecule has 1 rings (SSSR count). The Morgan fingerprint density at radius 2 is 1.82 bits per heavy atom. The van der Waals surface area contributed by atoms with Crippen LogP contribution >= 0.6 is 0 Å². The van der Waals surface area contributed by atoms with Crippen LogP contribution in [-0.2, 0) is 23.9 Å². The Bertz CT molecular complexity index is 403. The number of carboxylic acid groups (broad SMARTS) is 1. The summed E-state index contributed by atoms with van der Waals surface area (Å²) in [7, 11) is 0. The zero-order valence-corrected chi connectivity index (χ0v) is 13.0. The van der Waals surface area contributed by atoms with Crippen LogP contribution in [0.2, 0.25) is 0 Å². The second-order valence-electron chi connectivity index (χ2n) is 5.82. The molecule has 3 N–H and O–H groups in total. The summed E-state index contributed by atoms with van der Waals surface area (Å²) in [6, 6.07) is -1.02. The molecular formula is C15H25NO6. The third-order valence-electron chi connectivity index (χ3n) is 4.14. The summed E-state index contributed by atoms with van der Waals surface area (Å²) in [5, 5.41) is 9.09. The fraction of sp³-hybridized carbons (Fsp3) is 0.800. The van der Waals surface area contributed by atoms with Gasteiger partial charge in [0.15, 0.2) is 0 Å². The Labute approximate surface area is 130 Å². The van der Waals surface area contributed by atoms with Crippen molar-refractivity contribution in [3.05, 3.63) is 0 Å². The third kappa shape index (κ3) is 5.29. The van der Waals surface area contributed by atoms with Crippen molar-refractivity contribution in [3.8, 4) is 0 Å². The fourth-order valence-corrected chi connectivity index (χ4v) is 2.92. The van der Waals surface area contributed by atoms with E-state index in [1.54, 1.807) is 0 Å². The average Bonchev–Trinajstić information content (AvgIpc) is 2.46. The standard InChI is InChI=1S/C15H25NO6/c1-2-6-12(19)21-10-22-14(20)13(16)15(9-11(17)18)7-4-3-5-8-15/h13H,2-10,16H2,1H3,(H,17,18). The normalized spacial score (nSPS) is 18.3. The molecule has 0 heterocycles. The van der Waals surface area contributed by atoms with Crippen LogP contribution in [0.25, 0.3) is 0 Å². The van der Waals surface area contributed by atoms with E-state index in [9.17, 15) is 14.4 Å². The molecule has 0 aliphatic heterocycles. The predicted octanol–water partition coefficient (Wildman–Crippen LogP) is 1.58. The van der Waals surface area contributed by atoms with Gasteiger partial charge < -0.3 is 20.3 Å². The molecule has 0 spiro atoms. The molecule has 0 amide bonds. The monoisotopic (exact) mass is 315 g/mol. The van der Waals surface area contributed by atoms with Gasteiger partial charge in [0.1, 0.15) is 6.04 Å². The number of hydrogen-bond donors (Lipinski definition) is 2. The first-order chi connectivity index (χ1) is 10.4. The molecule has 1 saturated carbocycles. The number of ether oxygens (including phenoxy) is 2. The van der Waals surface area contributed by atoms with Gasteiger partial charge in [0.2, 0.25) is 6.79 Å². The van der Waals surface area contributed by atoms with Crippen molar-refractivity contribution < 1.29 is 29.0 Å². The number of carbonyl (C=O) groups excluding carboxylic acids is 2. The van der Waals surface area contributed by atoms with Crippen molar-refractivity contribution in [1.82, 2.24) is 0 Å². The van der Waals surface area contributed by atoms with Crippen LogP contribution in [0.3, 0.4) is 0 Å². The summed E-state index contributed by atoms with van der Waals surface area (Å²) in [5.41, 5.74) is 5.20. The van der Waals surface area contributed by atoms with E-state index in [4.69, 9.17) is 20.3 Å². The Hall–Kier alpha value is -1.63. The van der Waals surface area contributed by atoms with Gasteiger partial charge in [-0.2, -0.15) is 0 Å². The van der Waals surface area contributed by atoms with Crippen molar-refractivity contribution in [2.75, 3.05) is 6.79 Å². The van der Waals surface area contributed by atoms with E-state index in [0.717, 1.165) is 19.3 Å². The maximum Gasteiger partial charge on any atom is 0.326 e. The van der Waals surface area contributed by atoms with Crippen molar-refractivity contribution in [3.63, 3.8) is 0 Å². The molecule has 1 unspecified atom stereocenters. The molecule has 1 aliphatic rings. The Kier molecular flexibility index (Phi) is 7.31. The van der Waals surface area contributed by atoms with Gasteiger partial charge in [-0.05, 0) is 19.3 Å². The molecule has 0 radical (unpaired) electrons. The van der Waals surface area contributed by atoms with Gasteiger partial charge in [-0.15, -0.1) is 0 Å². The van der Waals surface area contributed by atoms with Gasteiger partial charge >= 0.3 is 17.9 Å². The number of rotatable bonds is 8. The zero-order chi connectivity index (χ0) is 16.6. The highest BCUT2D eigenvalue weighted by Crippen LogP contribution is 2.42. The lowest BCUT2D eigenvalue weighted by Gasteiger charge is -2.39. The number of carbonyl (C=O) groups is 3. The van der Waals surface area contributed by atoms with Crippen LogP contribution < -0.4 is 5.73 Å². The molecule has 0 aromatic rings. The van der Waals surface area contributed by atoms with E-state index in [1.807, 2.05) is 6.92 Å². The molecule has 0 aromatic carbocycles. The summed E-state index contributed by atoms with van der Waals surface area (Å²) in [6.45, 7) is 1.36. The molecule has 0 aromatic heterocycles. The summed E-state index contributed by atoms with van der Waals surface area (Å²) in [6.07, 6.45) is 4.63. The smallest absolute Gasteiger partial charge is 0.326 e. The van der Waals surface area contributed by atoms with Crippen molar-refractivity contribution in [2.24, 2.45) is 11.1 Å². The maximum absolute atomic E-state index is 12.0. The number of esters is 2. The molecule has 126 valence electrons. The molecule has 0 bridgehead atoms.